The first-order valence-corrected chi connectivity index (χ1v) is 6.08. The Morgan fingerprint density at radius 2 is 1.92 bits per heavy atom. The van der Waals surface area contributed by atoms with Gasteiger partial charge in [-0.25, -0.2) is 0 Å². The largest absolute Gasteiger partial charge is 0.381 e. The lowest BCUT2D eigenvalue weighted by molar-refractivity contribution is -0.119. The van der Waals surface area contributed by atoms with Crippen molar-refractivity contribution >= 4 is 21.7 Å². The van der Waals surface area contributed by atoms with E-state index in [4.69, 9.17) is 4.74 Å². The van der Waals surface area contributed by atoms with Crippen molar-refractivity contribution in [1.82, 2.24) is 0 Å². The zero-order valence-corrected chi connectivity index (χ0v) is 9.94. The fourth-order valence-corrected chi connectivity index (χ4v) is 1.29. The topological polar surface area (TPSA) is 26.3 Å². The maximum absolute atomic E-state index is 11.2. The summed E-state index contributed by atoms with van der Waals surface area (Å²) in [4.78, 5) is 11.2. The molecule has 0 aromatic carbocycles. The highest BCUT2D eigenvalue weighted by Gasteiger charge is 2.00. The van der Waals surface area contributed by atoms with Gasteiger partial charge in [-0.15, -0.1) is 0 Å². The molecule has 0 unspecified atom stereocenters. The van der Waals surface area contributed by atoms with Crippen LogP contribution in [0.1, 0.15) is 39.0 Å². The number of carbonyl (C=O) groups is 1. The van der Waals surface area contributed by atoms with Crippen LogP contribution in [0.5, 0.6) is 0 Å². The molecule has 0 saturated heterocycles. The van der Waals surface area contributed by atoms with Crippen molar-refractivity contribution in [3.05, 3.63) is 0 Å². The van der Waals surface area contributed by atoms with Crippen LogP contribution < -0.4 is 0 Å². The Morgan fingerprint density at radius 3 is 2.54 bits per heavy atom. The Bertz CT molecular complexity index is 126. The second kappa shape index (κ2) is 10.2. The second-order valence-electron chi connectivity index (χ2n) is 3.05. The molecule has 78 valence electrons. The quantitative estimate of drug-likeness (QED) is 0.465. The van der Waals surface area contributed by atoms with Crippen molar-refractivity contribution in [2.45, 2.75) is 39.0 Å². The van der Waals surface area contributed by atoms with Gasteiger partial charge in [0.15, 0.2) is 0 Å². The average molecular weight is 251 g/mol. The SMILES string of the molecule is CCCOCCCC(=O)CCCBr. The molecule has 0 aliphatic rings. The minimum Gasteiger partial charge on any atom is -0.381 e. The lowest BCUT2D eigenvalue weighted by atomic mass is 10.1. The number of rotatable bonds is 9. The van der Waals surface area contributed by atoms with Crippen LogP contribution in [-0.2, 0) is 9.53 Å². The highest BCUT2D eigenvalue weighted by molar-refractivity contribution is 9.09. The molecule has 0 saturated carbocycles. The third kappa shape index (κ3) is 10.0. The fraction of sp³-hybridized carbons (Fsp3) is 0.900. The van der Waals surface area contributed by atoms with Gasteiger partial charge in [-0.1, -0.05) is 22.9 Å². The van der Waals surface area contributed by atoms with E-state index in [1.54, 1.807) is 0 Å². The Hall–Kier alpha value is 0.110. The molecule has 0 amide bonds. The van der Waals surface area contributed by atoms with Crippen LogP contribution in [0.15, 0.2) is 0 Å². The molecule has 0 bridgehead atoms. The Morgan fingerprint density at radius 1 is 1.23 bits per heavy atom. The monoisotopic (exact) mass is 250 g/mol. The molecule has 0 spiro atoms. The first-order chi connectivity index (χ1) is 6.31. The predicted octanol–water partition coefficient (Wildman–Crippen LogP) is 2.94. The third-order valence-corrected chi connectivity index (χ3v) is 2.24. The van der Waals surface area contributed by atoms with Gasteiger partial charge in [0.05, 0.1) is 0 Å². The van der Waals surface area contributed by atoms with Crippen LogP contribution in [0.2, 0.25) is 0 Å². The number of Topliss-reactive ketones (excluding diaryl/α,β-unsaturated/α-hetero) is 1. The fourth-order valence-electron chi connectivity index (χ4n) is 1.01. The minimum atomic E-state index is 0.361. The zero-order chi connectivity index (χ0) is 9.94. The first kappa shape index (κ1) is 13.1. The van der Waals surface area contributed by atoms with Gasteiger partial charge in [0.25, 0.3) is 0 Å². The van der Waals surface area contributed by atoms with Crippen LogP contribution in [0, 0.1) is 0 Å². The number of ketones is 1. The predicted molar refractivity (Wildman–Crippen MR) is 58.4 cm³/mol. The standard InChI is InChI=1S/C10H19BrO2/c1-2-8-13-9-4-6-10(12)5-3-7-11/h2-9H2,1H3. The van der Waals surface area contributed by atoms with E-state index >= 15 is 0 Å². The van der Waals surface area contributed by atoms with E-state index in [0.29, 0.717) is 18.6 Å². The maximum Gasteiger partial charge on any atom is 0.133 e. The van der Waals surface area contributed by atoms with E-state index < -0.39 is 0 Å². The molecule has 0 heterocycles. The average Bonchev–Trinajstić information content (AvgIpc) is 2.14. The van der Waals surface area contributed by atoms with E-state index in [1.165, 1.54) is 0 Å². The van der Waals surface area contributed by atoms with Crippen molar-refractivity contribution in [2.75, 3.05) is 18.5 Å². The second-order valence-corrected chi connectivity index (χ2v) is 3.84. The van der Waals surface area contributed by atoms with E-state index in [1.807, 2.05) is 0 Å². The van der Waals surface area contributed by atoms with Gasteiger partial charge in [-0.3, -0.25) is 4.79 Å². The highest BCUT2D eigenvalue weighted by Crippen LogP contribution is 2.01. The normalized spacial score (nSPS) is 10.3. The van der Waals surface area contributed by atoms with E-state index in [-0.39, 0.29) is 0 Å². The summed E-state index contributed by atoms with van der Waals surface area (Å²) in [5.41, 5.74) is 0. The molecule has 0 aromatic heterocycles. The van der Waals surface area contributed by atoms with E-state index in [2.05, 4.69) is 22.9 Å². The summed E-state index contributed by atoms with van der Waals surface area (Å²) in [5.74, 6) is 0.361. The number of carbonyl (C=O) groups excluding carboxylic acids is 1. The number of ether oxygens (including phenoxy) is 1. The molecule has 0 fully saturated rings. The molecular formula is C10H19BrO2. The molecule has 0 N–H and O–H groups in total. The maximum atomic E-state index is 11.2. The van der Waals surface area contributed by atoms with Gasteiger partial charge in [0.2, 0.25) is 0 Å². The molecule has 0 aliphatic carbocycles. The molecule has 0 aliphatic heterocycles. The number of alkyl halides is 1. The van der Waals surface area contributed by atoms with Crippen molar-refractivity contribution in [3.8, 4) is 0 Å². The summed E-state index contributed by atoms with van der Waals surface area (Å²) < 4.78 is 5.28. The summed E-state index contributed by atoms with van der Waals surface area (Å²) in [5, 5.41) is 0.922. The summed E-state index contributed by atoms with van der Waals surface area (Å²) in [6, 6.07) is 0. The lowest BCUT2D eigenvalue weighted by Crippen LogP contribution is -2.02. The van der Waals surface area contributed by atoms with Gasteiger partial charge < -0.3 is 4.74 Å². The molecule has 0 rings (SSSR count). The Labute approximate surface area is 89.2 Å². The molecule has 0 atom stereocenters. The number of halogens is 1. The zero-order valence-electron chi connectivity index (χ0n) is 8.35. The smallest absolute Gasteiger partial charge is 0.133 e. The first-order valence-electron chi connectivity index (χ1n) is 4.96. The van der Waals surface area contributed by atoms with Gasteiger partial charge >= 0.3 is 0 Å². The van der Waals surface area contributed by atoms with Crippen molar-refractivity contribution in [2.24, 2.45) is 0 Å². The summed E-state index contributed by atoms with van der Waals surface area (Å²) in [6.45, 7) is 3.63. The van der Waals surface area contributed by atoms with Gasteiger partial charge in [0, 0.05) is 31.4 Å². The van der Waals surface area contributed by atoms with Crippen LogP contribution in [-0.4, -0.2) is 24.3 Å². The summed E-state index contributed by atoms with van der Waals surface area (Å²) in [6.07, 6.45) is 4.27. The van der Waals surface area contributed by atoms with E-state index in [9.17, 15) is 4.79 Å². The molecule has 13 heavy (non-hydrogen) atoms. The number of hydrogen-bond acceptors (Lipinski definition) is 2. The molecule has 0 radical (unpaired) electrons. The van der Waals surface area contributed by atoms with Crippen molar-refractivity contribution in [3.63, 3.8) is 0 Å². The molecule has 0 aromatic rings. The van der Waals surface area contributed by atoms with Gasteiger partial charge in [-0.05, 0) is 19.3 Å². The van der Waals surface area contributed by atoms with Crippen LogP contribution in [0.3, 0.4) is 0 Å². The van der Waals surface area contributed by atoms with Gasteiger partial charge in [0.1, 0.15) is 5.78 Å². The lowest BCUT2D eigenvalue weighted by Gasteiger charge is -2.01. The van der Waals surface area contributed by atoms with Crippen LogP contribution in [0.25, 0.3) is 0 Å². The molecule has 2 nitrogen and oxygen atoms in total. The molecular weight excluding hydrogens is 232 g/mol. The minimum absolute atomic E-state index is 0.361. The third-order valence-electron chi connectivity index (χ3n) is 1.68. The van der Waals surface area contributed by atoms with Gasteiger partial charge in [-0.2, -0.15) is 0 Å². The Balaban J connectivity index is 3.08. The van der Waals surface area contributed by atoms with Crippen molar-refractivity contribution in [1.29, 1.82) is 0 Å². The van der Waals surface area contributed by atoms with Crippen LogP contribution in [0.4, 0.5) is 0 Å². The summed E-state index contributed by atoms with van der Waals surface area (Å²) in [7, 11) is 0. The van der Waals surface area contributed by atoms with E-state index in [0.717, 1.165) is 37.8 Å². The highest BCUT2D eigenvalue weighted by atomic mass is 79.9. The van der Waals surface area contributed by atoms with Crippen LogP contribution >= 0.6 is 15.9 Å². The number of hydrogen-bond donors (Lipinski definition) is 0. The molecule has 3 heteroatoms. The van der Waals surface area contributed by atoms with Crippen molar-refractivity contribution < 1.29 is 9.53 Å². The Kier molecular flexibility index (Phi) is 10.3. The summed E-state index contributed by atoms with van der Waals surface area (Å²) >= 11 is 3.30.